The molecule has 0 atom stereocenters. The van der Waals surface area contributed by atoms with Crippen LogP contribution in [-0.4, -0.2) is 19.3 Å². The van der Waals surface area contributed by atoms with Gasteiger partial charge in [-0.3, -0.25) is 9.36 Å². The molecule has 7 heteroatoms. The molecule has 0 aliphatic carbocycles. The molecule has 0 bridgehead atoms. The van der Waals surface area contributed by atoms with E-state index in [2.05, 4.69) is 16.1 Å². The van der Waals surface area contributed by atoms with E-state index in [1.807, 2.05) is 26.0 Å². The van der Waals surface area contributed by atoms with Crippen LogP contribution < -0.4 is 5.56 Å². The Morgan fingerprint density at radius 3 is 2.56 bits per heavy atom. The summed E-state index contributed by atoms with van der Waals surface area (Å²) in [6.45, 7) is 4.22. The van der Waals surface area contributed by atoms with Crippen LogP contribution in [0.1, 0.15) is 16.7 Å². The Morgan fingerprint density at radius 1 is 1.11 bits per heavy atom. The largest absolute Gasteiger partial charge is 0.294 e. The summed E-state index contributed by atoms with van der Waals surface area (Å²) < 4.78 is 16.3. The molecule has 4 rings (SSSR count). The summed E-state index contributed by atoms with van der Waals surface area (Å²) in [5.41, 5.74) is 3.97. The minimum Gasteiger partial charge on any atom is -0.294 e. The number of aryl methyl sites for hydroxylation is 2. The van der Waals surface area contributed by atoms with Crippen LogP contribution in [0.2, 0.25) is 5.02 Å². The Hall–Kier alpha value is -2.99. The van der Waals surface area contributed by atoms with E-state index >= 15 is 0 Å². The number of aromatic nitrogens is 4. The van der Waals surface area contributed by atoms with Crippen molar-refractivity contribution < 1.29 is 4.39 Å². The van der Waals surface area contributed by atoms with Crippen molar-refractivity contribution in [3.05, 3.63) is 86.8 Å². The molecule has 0 aliphatic heterocycles. The Morgan fingerprint density at radius 2 is 1.85 bits per heavy atom. The summed E-state index contributed by atoms with van der Waals surface area (Å²) in [6, 6.07) is 10.2. The van der Waals surface area contributed by atoms with Crippen molar-refractivity contribution in [1.29, 1.82) is 0 Å². The van der Waals surface area contributed by atoms with Gasteiger partial charge in [0.2, 0.25) is 0 Å². The summed E-state index contributed by atoms with van der Waals surface area (Å²) in [4.78, 5) is 17.3. The van der Waals surface area contributed by atoms with E-state index in [4.69, 9.17) is 11.6 Å². The van der Waals surface area contributed by atoms with Gasteiger partial charge in [-0.25, -0.2) is 14.1 Å². The third-order valence-corrected chi connectivity index (χ3v) is 4.71. The van der Waals surface area contributed by atoms with Gasteiger partial charge in [-0.05, 0) is 54.8 Å². The Balaban J connectivity index is 1.79. The van der Waals surface area contributed by atoms with Crippen LogP contribution in [0.3, 0.4) is 0 Å². The summed E-state index contributed by atoms with van der Waals surface area (Å²) in [5, 5.41) is 5.03. The van der Waals surface area contributed by atoms with Crippen molar-refractivity contribution in [3.63, 3.8) is 0 Å². The third-order valence-electron chi connectivity index (χ3n) is 4.36. The average molecular weight is 383 g/mol. The number of rotatable bonds is 3. The molecule has 0 fully saturated rings. The molecule has 2 aromatic heterocycles. The molecule has 0 saturated heterocycles. The van der Waals surface area contributed by atoms with Gasteiger partial charge in [0.1, 0.15) is 17.5 Å². The van der Waals surface area contributed by atoms with Crippen LogP contribution in [0.5, 0.6) is 0 Å². The number of nitrogens with zero attached hydrogens (tertiary/aromatic N) is 4. The Kier molecular flexibility index (Phi) is 4.28. The minimum atomic E-state index is -0.417. The molecule has 5 nitrogen and oxygen atoms in total. The van der Waals surface area contributed by atoms with Gasteiger partial charge in [0.05, 0.1) is 18.4 Å². The summed E-state index contributed by atoms with van der Waals surface area (Å²) in [7, 11) is 0. The molecular weight excluding hydrogens is 367 g/mol. The van der Waals surface area contributed by atoms with Crippen LogP contribution in [0.4, 0.5) is 4.39 Å². The van der Waals surface area contributed by atoms with Gasteiger partial charge < -0.3 is 0 Å². The van der Waals surface area contributed by atoms with Crippen LogP contribution in [0, 0.1) is 19.7 Å². The molecule has 27 heavy (non-hydrogen) atoms. The lowest BCUT2D eigenvalue weighted by Crippen LogP contribution is -2.21. The van der Waals surface area contributed by atoms with Crippen molar-refractivity contribution in [2.75, 3.05) is 0 Å². The number of halogens is 2. The second kappa shape index (κ2) is 6.63. The van der Waals surface area contributed by atoms with Crippen molar-refractivity contribution in [2.45, 2.75) is 20.4 Å². The number of hydrogen-bond acceptors (Lipinski definition) is 3. The van der Waals surface area contributed by atoms with Gasteiger partial charge in [0.25, 0.3) is 5.56 Å². The van der Waals surface area contributed by atoms with Crippen molar-refractivity contribution in [2.24, 2.45) is 0 Å². The predicted octanol–water partition coefficient (Wildman–Crippen LogP) is 4.04. The zero-order valence-corrected chi connectivity index (χ0v) is 15.5. The van der Waals surface area contributed by atoms with E-state index in [1.54, 1.807) is 10.7 Å². The van der Waals surface area contributed by atoms with Crippen LogP contribution in [0.25, 0.3) is 16.7 Å². The molecule has 0 amide bonds. The smallest absolute Gasteiger partial charge is 0.264 e. The van der Waals surface area contributed by atoms with E-state index < -0.39 is 5.82 Å². The minimum absolute atomic E-state index is 0.204. The molecule has 4 aromatic rings. The van der Waals surface area contributed by atoms with Crippen molar-refractivity contribution in [1.82, 2.24) is 19.3 Å². The standard InChI is InChI=1S/C20H16ClFN4O/c1-12-5-13(2)7-16(6-12)26-19-17(9-24-26)20(27)25(11-23-19)10-14-3-4-15(22)8-18(14)21/h3-9,11H,10H2,1-2H3. The maximum atomic E-state index is 13.2. The van der Waals surface area contributed by atoms with Crippen LogP contribution in [0.15, 0.2) is 53.7 Å². The second-order valence-corrected chi connectivity index (χ2v) is 6.96. The maximum Gasteiger partial charge on any atom is 0.264 e. The normalized spacial score (nSPS) is 11.3. The maximum absolute atomic E-state index is 13.2. The van der Waals surface area contributed by atoms with Gasteiger partial charge in [0.15, 0.2) is 5.65 Å². The number of benzene rings is 2. The topological polar surface area (TPSA) is 52.7 Å². The molecule has 0 aliphatic rings. The molecule has 0 radical (unpaired) electrons. The monoisotopic (exact) mass is 382 g/mol. The first-order valence-corrected chi connectivity index (χ1v) is 8.76. The molecule has 2 heterocycles. The van der Waals surface area contributed by atoms with Gasteiger partial charge in [-0.2, -0.15) is 5.10 Å². The highest BCUT2D eigenvalue weighted by Gasteiger charge is 2.13. The predicted molar refractivity (Wildman–Crippen MR) is 103 cm³/mol. The number of fused-ring (bicyclic) bond motifs is 1. The molecule has 2 aromatic carbocycles. The lowest BCUT2D eigenvalue weighted by atomic mass is 10.1. The highest BCUT2D eigenvalue weighted by Crippen LogP contribution is 2.19. The zero-order chi connectivity index (χ0) is 19.1. The van der Waals surface area contributed by atoms with E-state index in [1.165, 1.54) is 29.2 Å². The fraction of sp³-hybridized carbons (Fsp3) is 0.150. The molecule has 0 saturated carbocycles. The fourth-order valence-electron chi connectivity index (χ4n) is 3.16. The Labute approximate surface area is 159 Å². The van der Waals surface area contributed by atoms with Crippen LogP contribution in [-0.2, 0) is 6.54 Å². The molecule has 0 N–H and O–H groups in total. The lowest BCUT2D eigenvalue weighted by molar-refractivity contribution is 0.626. The summed E-state index contributed by atoms with van der Waals surface area (Å²) >= 11 is 6.07. The van der Waals surface area contributed by atoms with Gasteiger partial charge in [0, 0.05) is 5.02 Å². The first-order chi connectivity index (χ1) is 12.9. The second-order valence-electron chi connectivity index (χ2n) is 6.55. The Bertz CT molecular complexity index is 1210. The average Bonchev–Trinajstić information content (AvgIpc) is 3.03. The van der Waals surface area contributed by atoms with Crippen molar-refractivity contribution >= 4 is 22.6 Å². The molecule has 136 valence electrons. The highest BCUT2D eigenvalue weighted by molar-refractivity contribution is 6.31. The first-order valence-electron chi connectivity index (χ1n) is 8.38. The van der Waals surface area contributed by atoms with E-state index in [0.717, 1.165) is 16.8 Å². The van der Waals surface area contributed by atoms with Gasteiger partial charge >= 0.3 is 0 Å². The highest BCUT2D eigenvalue weighted by atomic mass is 35.5. The molecule has 0 unspecified atom stereocenters. The lowest BCUT2D eigenvalue weighted by Gasteiger charge is -2.09. The summed E-state index contributed by atoms with van der Waals surface area (Å²) in [5.74, 6) is -0.417. The molecular formula is C20H16ClFN4O. The van der Waals surface area contributed by atoms with E-state index in [9.17, 15) is 9.18 Å². The van der Waals surface area contributed by atoms with E-state index in [-0.39, 0.29) is 17.1 Å². The summed E-state index contributed by atoms with van der Waals surface area (Å²) in [6.07, 6.45) is 2.98. The first kappa shape index (κ1) is 17.4. The van der Waals surface area contributed by atoms with Crippen LogP contribution >= 0.6 is 11.6 Å². The fourth-order valence-corrected chi connectivity index (χ4v) is 3.38. The quantitative estimate of drug-likeness (QED) is 0.537. The third kappa shape index (κ3) is 3.24. The zero-order valence-electron chi connectivity index (χ0n) is 14.8. The van der Waals surface area contributed by atoms with E-state index in [0.29, 0.717) is 16.6 Å². The number of hydrogen-bond donors (Lipinski definition) is 0. The van der Waals surface area contributed by atoms with Gasteiger partial charge in [-0.1, -0.05) is 23.7 Å². The van der Waals surface area contributed by atoms with Gasteiger partial charge in [-0.15, -0.1) is 0 Å². The SMILES string of the molecule is Cc1cc(C)cc(-n2ncc3c(=O)n(Cc4ccc(F)cc4Cl)cnc32)c1. The molecule has 0 spiro atoms. The van der Waals surface area contributed by atoms with Crippen molar-refractivity contribution in [3.8, 4) is 5.69 Å².